The quantitative estimate of drug-likeness (QED) is 0.230. The summed E-state index contributed by atoms with van der Waals surface area (Å²) in [7, 11) is 0. The number of carbonyl (C=O) groups is 4. The van der Waals surface area contributed by atoms with E-state index in [0.29, 0.717) is 30.8 Å². The number of carbonyl (C=O) groups excluding carboxylic acids is 3. The SMILES string of the molecule is CC(C)C(NC(=O)C(Cc1cnc[nH]1)NC(=O)C(N)Cc1cnc[nH]1)C(=O)N1CCCC1C(=O)O. The molecule has 7 N–H and O–H groups in total. The van der Waals surface area contributed by atoms with Gasteiger partial charge in [0.2, 0.25) is 17.7 Å². The number of H-pyrrole nitrogens is 2. The Kier molecular flexibility index (Phi) is 8.58. The van der Waals surface area contributed by atoms with Crippen molar-refractivity contribution in [3.63, 3.8) is 0 Å². The zero-order valence-corrected chi connectivity index (χ0v) is 19.7. The van der Waals surface area contributed by atoms with E-state index in [1.54, 1.807) is 20.0 Å². The average Bonchev–Trinajstić information content (AvgIpc) is 3.58. The van der Waals surface area contributed by atoms with Crippen molar-refractivity contribution in [3.05, 3.63) is 36.4 Å². The van der Waals surface area contributed by atoms with Crippen molar-refractivity contribution in [2.24, 2.45) is 11.7 Å². The van der Waals surface area contributed by atoms with Crippen LogP contribution in [-0.4, -0.2) is 84.3 Å². The van der Waals surface area contributed by atoms with E-state index < -0.39 is 47.9 Å². The van der Waals surface area contributed by atoms with Crippen molar-refractivity contribution in [2.75, 3.05) is 6.54 Å². The first-order valence-corrected chi connectivity index (χ1v) is 11.5. The Balaban J connectivity index is 1.73. The number of nitrogens with one attached hydrogen (secondary N) is 4. The molecule has 13 nitrogen and oxygen atoms in total. The summed E-state index contributed by atoms with van der Waals surface area (Å²) in [5.41, 5.74) is 7.30. The third kappa shape index (κ3) is 6.66. The zero-order chi connectivity index (χ0) is 25.5. The Morgan fingerprint density at radius 3 is 2.26 bits per heavy atom. The Morgan fingerprint density at radius 1 is 1.09 bits per heavy atom. The van der Waals surface area contributed by atoms with Gasteiger partial charge in [-0.3, -0.25) is 14.4 Å². The first-order chi connectivity index (χ1) is 16.7. The fourth-order valence-electron chi connectivity index (χ4n) is 4.06. The molecule has 0 spiro atoms. The number of carboxylic acid groups (broad SMARTS) is 1. The predicted molar refractivity (Wildman–Crippen MR) is 124 cm³/mol. The van der Waals surface area contributed by atoms with E-state index in [9.17, 15) is 24.3 Å². The molecule has 3 amide bonds. The number of likely N-dealkylation sites (tertiary alicyclic amines) is 1. The molecule has 3 rings (SSSR count). The monoisotopic (exact) mass is 488 g/mol. The van der Waals surface area contributed by atoms with Crippen molar-refractivity contribution in [2.45, 2.75) is 63.7 Å². The minimum absolute atomic E-state index is 0.0921. The van der Waals surface area contributed by atoms with Crippen LogP contribution in [0.2, 0.25) is 0 Å². The lowest BCUT2D eigenvalue weighted by Gasteiger charge is -2.30. The van der Waals surface area contributed by atoms with Crippen molar-refractivity contribution in [3.8, 4) is 0 Å². The molecule has 1 fully saturated rings. The number of nitrogens with two attached hydrogens (primary N) is 1. The predicted octanol–water partition coefficient (Wildman–Crippen LogP) is -1.05. The van der Waals surface area contributed by atoms with Crippen molar-refractivity contribution in [1.82, 2.24) is 35.5 Å². The highest BCUT2D eigenvalue weighted by molar-refractivity contribution is 5.94. The molecule has 2 aromatic heterocycles. The van der Waals surface area contributed by atoms with Crippen molar-refractivity contribution >= 4 is 23.7 Å². The molecule has 4 atom stereocenters. The molecule has 3 heterocycles. The van der Waals surface area contributed by atoms with Gasteiger partial charge in [-0.05, 0) is 18.8 Å². The highest BCUT2D eigenvalue weighted by Crippen LogP contribution is 2.20. The van der Waals surface area contributed by atoms with Crippen molar-refractivity contribution < 1.29 is 24.3 Å². The van der Waals surface area contributed by atoms with Crippen molar-refractivity contribution in [1.29, 1.82) is 0 Å². The van der Waals surface area contributed by atoms with Gasteiger partial charge in [-0.15, -0.1) is 0 Å². The lowest BCUT2D eigenvalue weighted by molar-refractivity contribution is -0.150. The zero-order valence-electron chi connectivity index (χ0n) is 19.7. The van der Waals surface area contributed by atoms with Crippen LogP contribution in [0.15, 0.2) is 25.0 Å². The number of carboxylic acids is 1. The topological polar surface area (TPSA) is 199 Å². The van der Waals surface area contributed by atoms with Crippen LogP contribution in [0.3, 0.4) is 0 Å². The van der Waals surface area contributed by atoms with Gasteiger partial charge in [-0.1, -0.05) is 13.8 Å². The number of aliphatic carboxylic acids is 1. The number of amides is 3. The fraction of sp³-hybridized carbons (Fsp3) is 0.545. The smallest absolute Gasteiger partial charge is 0.326 e. The lowest BCUT2D eigenvalue weighted by Crippen LogP contribution is -2.59. The van der Waals surface area contributed by atoms with Gasteiger partial charge in [0.15, 0.2) is 0 Å². The summed E-state index contributed by atoms with van der Waals surface area (Å²) in [6.45, 7) is 3.83. The van der Waals surface area contributed by atoms with Crippen LogP contribution in [0.5, 0.6) is 0 Å². The minimum Gasteiger partial charge on any atom is -0.480 e. The van der Waals surface area contributed by atoms with Crippen LogP contribution in [0.25, 0.3) is 0 Å². The van der Waals surface area contributed by atoms with E-state index in [4.69, 9.17) is 5.73 Å². The van der Waals surface area contributed by atoms with E-state index in [2.05, 4.69) is 30.6 Å². The largest absolute Gasteiger partial charge is 0.480 e. The maximum absolute atomic E-state index is 13.3. The molecular formula is C22H32N8O5. The van der Waals surface area contributed by atoms with Crippen LogP contribution in [0, 0.1) is 5.92 Å². The third-order valence-corrected chi connectivity index (χ3v) is 5.99. The van der Waals surface area contributed by atoms with Crippen LogP contribution in [-0.2, 0) is 32.0 Å². The Hall–Kier alpha value is -3.74. The molecule has 0 saturated carbocycles. The first-order valence-electron chi connectivity index (χ1n) is 11.5. The molecule has 190 valence electrons. The van der Waals surface area contributed by atoms with E-state index in [-0.39, 0.29) is 18.8 Å². The molecule has 13 heteroatoms. The second-order valence-corrected chi connectivity index (χ2v) is 8.99. The number of rotatable bonds is 11. The molecule has 1 aliphatic heterocycles. The van der Waals surface area contributed by atoms with Crippen LogP contribution in [0.1, 0.15) is 38.1 Å². The molecule has 0 bridgehead atoms. The van der Waals surface area contributed by atoms with Crippen LogP contribution < -0.4 is 16.4 Å². The first kappa shape index (κ1) is 25.9. The van der Waals surface area contributed by atoms with Gasteiger partial charge >= 0.3 is 5.97 Å². The van der Waals surface area contributed by atoms with Gasteiger partial charge in [0.1, 0.15) is 18.1 Å². The summed E-state index contributed by atoms with van der Waals surface area (Å²) >= 11 is 0. The minimum atomic E-state index is -1.07. The van der Waals surface area contributed by atoms with E-state index >= 15 is 0 Å². The summed E-state index contributed by atoms with van der Waals surface area (Å²) in [6.07, 6.45) is 7.26. The standard InChI is InChI=1S/C22H32N8O5/c1-12(2)18(21(33)30-5-3-4-17(30)22(34)35)29-20(32)16(7-14-9-25-11-27-14)28-19(31)15(23)6-13-8-24-10-26-13/h8-12,15-18H,3-7,23H2,1-2H3,(H,24,26)(H,25,27)(H,28,31)(H,29,32)(H,34,35). The van der Waals surface area contributed by atoms with Crippen LogP contribution >= 0.6 is 0 Å². The number of hydrogen-bond acceptors (Lipinski definition) is 7. The number of aromatic nitrogens is 4. The summed E-state index contributed by atoms with van der Waals surface area (Å²) in [6, 6.07) is -3.85. The normalized spacial score (nSPS) is 18.2. The Labute approximate surface area is 202 Å². The molecular weight excluding hydrogens is 456 g/mol. The number of nitrogens with zero attached hydrogens (tertiary/aromatic N) is 3. The molecule has 4 unspecified atom stereocenters. The number of aromatic amines is 2. The fourth-order valence-corrected chi connectivity index (χ4v) is 4.06. The third-order valence-electron chi connectivity index (χ3n) is 5.99. The second-order valence-electron chi connectivity index (χ2n) is 8.99. The maximum Gasteiger partial charge on any atom is 0.326 e. The Morgan fingerprint density at radius 2 is 1.71 bits per heavy atom. The van der Waals surface area contributed by atoms with Gasteiger partial charge < -0.3 is 36.3 Å². The van der Waals surface area contributed by atoms with Gasteiger partial charge in [-0.25, -0.2) is 14.8 Å². The van der Waals surface area contributed by atoms with Crippen LogP contribution in [0.4, 0.5) is 0 Å². The van der Waals surface area contributed by atoms with E-state index in [1.807, 2.05) is 0 Å². The molecule has 35 heavy (non-hydrogen) atoms. The number of imidazole rings is 2. The second kappa shape index (κ2) is 11.6. The Bertz CT molecular complexity index is 1010. The highest BCUT2D eigenvalue weighted by atomic mass is 16.4. The maximum atomic E-state index is 13.3. The molecule has 1 aliphatic rings. The molecule has 1 saturated heterocycles. The van der Waals surface area contributed by atoms with Gasteiger partial charge in [0.25, 0.3) is 0 Å². The van der Waals surface area contributed by atoms with Gasteiger partial charge in [-0.2, -0.15) is 0 Å². The summed E-state index contributed by atoms with van der Waals surface area (Å²) in [5, 5.41) is 14.8. The van der Waals surface area contributed by atoms with Gasteiger partial charge in [0, 0.05) is 43.2 Å². The van der Waals surface area contributed by atoms with E-state index in [1.165, 1.54) is 23.8 Å². The molecule has 0 radical (unpaired) electrons. The highest BCUT2D eigenvalue weighted by Gasteiger charge is 2.39. The molecule has 0 aromatic carbocycles. The number of hydrogen-bond donors (Lipinski definition) is 6. The summed E-state index contributed by atoms with van der Waals surface area (Å²) in [4.78, 5) is 65.7. The molecule has 0 aliphatic carbocycles. The van der Waals surface area contributed by atoms with Gasteiger partial charge in [0.05, 0.1) is 18.7 Å². The average molecular weight is 489 g/mol. The summed E-state index contributed by atoms with van der Waals surface area (Å²) in [5.74, 6) is -2.97. The van der Waals surface area contributed by atoms with E-state index in [0.717, 1.165) is 0 Å². The summed E-state index contributed by atoms with van der Waals surface area (Å²) < 4.78 is 0. The molecule has 2 aromatic rings. The lowest BCUT2D eigenvalue weighted by atomic mass is 10.0.